The Morgan fingerprint density at radius 1 is 1.23 bits per heavy atom. The van der Waals surface area contributed by atoms with Crippen molar-refractivity contribution in [2.24, 2.45) is 5.73 Å². The quantitative estimate of drug-likeness (QED) is 0.558. The molecule has 2 aromatic rings. The Bertz CT molecular complexity index is 1240. The van der Waals surface area contributed by atoms with Crippen LogP contribution < -0.4 is 17.0 Å². The van der Waals surface area contributed by atoms with Gasteiger partial charge in [0.05, 0.1) is 30.6 Å². The Balaban J connectivity index is 2.84. The summed E-state index contributed by atoms with van der Waals surface area (Å²) in [5.74, 6) is 0. The monoisotopic (exact) mass is 523 g/mol. The van der Waals surface area contributed by atoms with Crippen molar-refractivity contribution in [3.05, 3.63) is 31.3 Å². The second kappa shape index (κ2) is 9.89. The van der Waals surface area contributed by atoms with Crippen molar-refractivity contribution < 1.29 is 32.6 Å². The summed E-state index contributed by atoms with van der Waals surface area (Å²) in [6.07, 6.45) is -6.33. The number of nitrogens with zero attached hydrogens (tertiary/aromatic N) is 4. The Labute approximate surface area is 202 Å². The van der Waals surface area contributed by atoms with Crippen molar-refractivity contribution in [1.82, 2.24) is 19.2 Å². The number of carboxylic acid groups (broad SMARTS) is 1. The van der Waals surface area contributed by atoms with E-state index >= 15 is 0 Å². The molecule has 0 saturated carbocycles. The molecule has 3 amide bonds. The molecule has 2 aromatic heterocycles. The summed E-state index contributed by atoms with van der Waals surface area (Å²) >= 11 is 0.886. The van der Waals surface area contributed by atoms with Gasteiger partial charge < -0.3 is 15.6 Å². The molecular formula is C20H28F3N5O6S. The number of amides is 3. The van der Waals surface area contributed by atoms with Gasteiger partial charge in [0.25, 0.3) is 5.56 Å². The molecule has 35 heavy (non-hydrogen) atoms. The number of hydrazine groups is 1. The number of primary amides is 1. The summed E-state index contributed by atoms with van der Waals surface area (Å²) in [5.41, 5.74) is 2.27. The summed E-state index contributed by atoms with van der Waals surface area (Å²) < 4.78 is 46.5. The van der Waals surface area contributed by atoms with E-state index in [-0.39, 0.29) is 38.4 Å². The topological polar surface area (TPSA) is 140 Å². The average molecular weight is 524 g/mol. The van der Waals surface area contributed by atoms with Crippen LogP contribution in [-0.4, -0.2) is 61.8 Å². The Kier molecular flexibility index (Phi) is 7.96. The van der Waals surface area contributed by atoms with Crippen LogP contribution in [0.4, 0.5) is 22.8 Å². The lowest BCUT2D eigenvalue weighted by Crippen LogP contribution is -2.58. The number of ether oxygens (including phenoxy) is 1. The van der Waals surface area contributed by atoms with Crippen molar-refractivity contribution in [3.63, 3.8) is 0 Å². The van der Waals surface area contributed by atoms with Crippen molar-refractivity contribution in [1.29, 1.82) is 0 Å². The normalized spacial score (nSPS) is 13.2. The number of hydrogen-bond donors (Lipinski definition) is 2. The number of urea groups is 1. The number of aryl methyl sites for hydroxylation is 1. The first-order chi connectivity index (χ1) is 15.9. The molecule has 0 saturated heterocycles. The number of alkyl halides is 3. The summed E-state index contributed by atoms with van der Waals surface area (Å²) in [7, 11) is 1.35. The lowest BCUT2D eigenvalue weighted by molar-refractivity contribution is -0.164. The van der Waals surface area contributed by atoms with Gasteiger partial charge in [-0.25, -0.2) is 29.0 Å². The van der Waals surface area contributed by atoms with Crippen molar-refractivity contribution in [3.8, 4) is 0 Å². The Hall–Kier alpha value is -3.07. The SMILES string of the molecule is COCCn1c(=O)n(C(C)C(F)(F)F)c(=O)c2c(C)c(CN(C(N)=O)N(C(=O)O)C(C)(C)C)sc21. The number of methoxy groups -OCH3 is 1. The van der Waals surface area contributed by atoms with E-state index in [4.69, 9.17) is 10.5 Å². The second-order valence-corrected chi connectivity index (χ2v) is 9.89. The van der Waals surface area contributed by atoms with E-state index in [0.717, 1.165) is 25.9 Å². The number of hydrogen-bond acceptors (Lipinski definition) is 6. The van der Waals surface area contributed by atoms with Crippen LogP contribution in [0.2, 0.25) is 0 Å². The fourth-order valence-electron chi connectivity index (χ4n) is 3.56. The molecule has 0 fully saturated rings. The zero-order valence-electron chi connectivity index (χ0n) is 20.1. The molecule has 2 rings (SSSR count). The molecule has 11 nitrogen and oxygen atoms in total. The van der Waals surface area contributed by atoms with Crippen LogP contribution in [-0.2, 0) is 17.8 Å². The van der Waals surface area contributed by atoms with Crippen LogP contribution in [0.1, 0.15) is 44.2 Å². The van der Waals surface area contributed by atoms with Crippen molar-refractivity contribution >= 4 is 33.7 Å². The third kappa shape index (κ3) is 5.45. The fraction of sp³-hybridized carbons (Fsp3) is 0.600. The number of halogens is 3. The van der Waals surface area contributed by atoms with Crippen molar-refractivity contribution in [2.75, 3.05) is 13.7 Å². The van der Waals surface area contributed by atoms with Gasteiger partial charge in [-0.05, 0) is 40.2 Å². The van der Waals surface area contributed by atoms with Crippen LogP contribution in [0.25, 0.3) is 10.2 Å². The van der Waals surface area contributed by atoms with E-state index in [0.29, 0.717) is 6.92 Å². The van der Waals surface area contributed by atoms with E-state index in [1.165, 1.54) is 34.8 Å². The largest absolute Gasteiger partial charge is 0.464 e. The van der Waals surface area contributed by atoms with Gasteiger partial charge in [-0.1, -0.05) is 0 Å². The molecule has 0 bridgehead atoms. The summed E-state index contributed by atoms with van der Waals surface area (Å²) in [6, 6.07) is -3.49. The maximum atomic E-state index is 13.5. The lowest BCUT2D eigenvalue weighted by atomic mass is 10.1. The highest BCUT2D eigenvalue weighted by atomic mass is 32.1. The van der Waals surface area contributed by atoms with E-state index in [9.17, 15) is 37.5 Å². The molecule has 15 heteroatoms. The molecule has 196 valence electrons. The van der Waals surface area contributed by atoms with Gasteiger partial charge in [-0.15, -0.1) is 11.3 Å². The maximum Gasteiger partial charge on any atom is 0.426 e. The molecule has 1 unspecified atom stereocenters. The highest BCUT2D eigenvalue weighted by Crippen LogP contribution is 2.32. The van der Waals surface area contributed by atoms with Crippen LogP contribution in [0.5, 0.6) is 0 Å². The third-order valence-corrected chi connectivity index (χ3v) is 6.63. The van der Waals surface area contributed by atoms with E-state index < -0.39 is 47.7 Å². The molecule has 0 aliphatic rings. The van der Waals surface area contributed by atoms with Gasteiger partial charge in [0.1, 0.15) is 10.9 Å². The highest BCUT2D eigenvalue weighted by Gasteiger charge is 2.40. The van der Waals surface area contributed by atoms with Gasteiger partial charge in [-0.3, -0.25) is 9.36 Å². The van der Waals surface area contributed by atoms with Crippen LogP contribution in [0.3, 0.4) is 0 Å². The second-order valence-electron chi connectivity index (χ2n) is 8.81. The number of carbonyl (C=O) groups excluding carboxylic acids is 1. The first-order valence-electron chi connectivity index (χ1n) is 10.4. The number of thiophene rings is 1. The smallest absolute Gasteiger partial charge is 0.426 e. The van der Waals surface area contributed by atoms with Crippen LogP contribution in [0, 0.1) is 6.92 Å². The maximum absolute atomic E-state index is 13.5. The standard InChI is InChI=1S/C20H28F3N5O6S/c1-10-12(9-26(16(24)30)28(18(32)33)19(3,4)5)35-15-13(10)14(29)27(11(2)20(21,22)23)17(31)25(15)7-8-34-6/h11H,7-9H2,1-6H3,(H2,24,30)(H,32,33). The van der Waals surface area contributed by atoms with E-state index in [1.54, 1.807) is 0 Å². The number of rotatable bonds is 6. The summed E-state index contributed by atoms with van der Waals surface area (Å²) in [5, 5.41) is 11.0. The summed E-state index contributed by atoms with van der Waals surface area (Å²) in [6.45, 7) is 6.21. The number of fused-ring (bicyclic) bond motifs is 1. The van der Waals surface area contributed by atoms with Gasteiger partial charge >= 0.3 is 24.0 Å². The Morgan fingerprint density at radius 3 is 2.23 bits per heavy atom. The molecule has 0 aliphatic heterocycles. The van der Waals surface area contributed by atoms with Gasteiger partial charge in [0, 0.05) is 12.0 Å². The molecule has 3 N–H and O–H groups in total. The number of carbonyl (C=O) groups is 2. The molecular weight excluding hydrogens is 495 g/mol. The third-order valence-electron chi connectivity index (χ3n) is 5.33. The van der Waals surface area contributed by atoms with Gasteiger partial charge in [0.15, 0.2) is 0 Å². The predicted molar refractivity (Wildman–Crippen MR) is 122 cm³/mol. The lowest BCUT2D eigenvalue weighted by Gasteiger charge is -2.40. The molecule has 0 aromatic carbocycles. The van der Waals surface area contributed by atoms with E-state index in [2.05, 4.69) is 0 Å². The zero-order valence-corrected chi connectivity index (χ0v) is 20.9. The minimum Gasteiger partial charge on any atom is -0.464 e. The molecule has 2 heterocycles. The molecule has 0 aliphatic carbocycles. The highest BCUT2D eigenvalue weighted by molar-refractivity contribution is 7.18. The molecule has 0 radical (unpaired) electrons. The van der Waals surface area contributed by atoms with Gasteiger partial charge in [-0.2, -0.15) is 13.2 Å². The average Bonchev–Trinajstić information content (AvgIpc) is 3.01. The number of aromatic nitrogens is 2. The first kappa shape index (κ1) is 28.2. The minimum absolute atomic E-state index is 0.0237. The van der Waals surface area contributed by atoms with Crippen molar-refractivity contribution in [2.45, 2.75) is 65.5 Å². The zero-order chi connectivity index (χ0) is 27.0. The van der Waals surface area contributed by atoms with Gasteiger partial charge in [0.2, 0.25) is 0 Å². The molecule has 0 spiro atoms. The Morgan fingerprint density at radius 2 is 1.80 bits per heavy atom. The first-order valence-corrected chi connectivity index (χ1v) is 11.2. The minimum atomic E-state index is -4.86. The van der Waals surface area contributed by atoms with Crippen LogP contribution in [0.15, 0.2) is 9.59 Å². The van der Waals surface area contributed by atoms with E-state index in [1.807, 2.05) is 0 Å². The van der Waals surface area contributed by atoms with Crippen LogP contribution >= 0.6 is 11.3 Å². The fourth-order valence-corrected chi connectivity index (χ4v) is 4.86. The molecule has 1 atom stereocenters. The predicted octanol–water partition coefficient (Wildman–Crippen LogP) is 2.88. The summed E-state index contributed by atoms with van der Waals surface area (Å²) in [4.78, 5) is 50.5. The number of nitrogens with two attached hydrogens (primary N) is 1.